The second-order valence-electron chi connectivity index (χ2n) is 7.39. The quantitative estimate of drug-likeness (QED) is 0.653. The van der Waals surface area contributed by atoms with Crippen LogP contribution in [0.1, 0.15) is 43.9 Å². The Bertz CT molecular complexity index is 987. The van der Waals surface area contributed by atoms with E-state index in [1.54, 1.807) is 6.20 Å². The van der Waals surface area contributed by atoms with Crippen molar-refractivity contribution in [3.8, 4) is 11.4 Å². The number of nitrogens with zero attached hydrogens (tertiary/aromatic N) is 3. The van der Waals surface area contributed by atoms with Crippen molar-refractivity contribution in [2.75, 3.05) is 10.2 Å². The van der Waals surface area contributed by atoms with Crippen LogP contribution in [0.15, 0.2) is 60.8 Å². The molecule has 5 heteroatoms. The number of fused-ring (bicyclic) bond motifs is 1. The highest BCUT2D eigenvalue weighted by Gasteiger charge is 2.34. The maximum absolute atomic E-state index is 11.8. The first kappa shape index (κ1) is 18.2. The maximum atomic E-state index is 11.8. The smallest absolute Gasteiger partial charge is 0.162 e. The van der Waals surface area contributed by atoms with E-state index in [2.05, 4.69) is 55.3 Å². The van der Waals surface area contributed by atoms with Gasteiger partial charge in [-0.15, -0.1) is 0 Å². The number of aromatic nitrogens is 2. The molecule has 1 aromatic heterocycles. The third-order valence-electron chi connectivity index (χ3n) is 5.27. The molecule has 0 radical (unpaired) electrons. The first-order valence-corrected chi connectivity index (χ1v) is 9.61. The van der Waals surface area contributed by atoms with E-state index in [4.69, 9.17) is 4.98 Å². The second-order valence-corrected chi connectivity index (χ2v) is 7.39. The Labute approximate surface area is 165 Å². The van der Waals surface area contributed by atoms with Crippen LogP contribution in [0.4, 0.5) is 11.5 Å². The van der Waals surface area contributed by atoms with E-state index in [9.17, 15) is 4.79 Å². The Morgan fingerprint density at radius 2 is 1.75 bits per heavy atom. The molecule has 2 unspecified atom stereocenters. The highest BCUT2D eigenvalue weighted by Crippen LogP contribution is 2.39. The number of aldehydes is 1. The summed E-state index contributed by atoms with van der Waals surface area (Å²) in [6.45, 7) is 6.42. The average Bonchev–Trinajstić information content (AvgIpc) is 3.11. The summed E-state index contributed by atoms with van der Waals surface area (Å²) in [5.74, 6) is 1.81. The van der Waals surface area contributed by atoms with Crippen LogP contribution in [0.25, 0.3) is 11.4 Å². The molecule has 0 saturated heterocycles. The van der Waals surface area contributed by atoms with E-state index in [0.29, 0.717) is 11.7 Å². The molecule has 2 heterocycles. The number of carbonyl (C=O) groups is 1. The summed E-state index contributed by atoms with van der Waals surface area (Å²) in [6.07, 6.45) is 2.24. The van der Waals surface area contributed by atoms with Gasteiger partial charge >= 0.3 is 0 Å². The Morgan fingerprint density at radius 3 is 2.46 bits per heavy atom. The van der Waals surface area contributed by atoms with Crippen molar-refractivity contribution in [1.82, 2.24) is 9.97 Å². The fourth-order valence-corrected chi connectivity index (χ4v) is 3.78. The second kappa shape index (κ2) is 7.43. The summed E-state index contributed by atoms with van der Waals surface area (Å²) < 4.78 is 0. The van der Waals surface area contributed by atoms with Crippen molar-refractivity contribution in [2.24, 2.45) is 0 Å². The van der Waals surface area contributed by atoms with Gasteiger partial charge in [0.25, 0.3) is 0 Å². The number of benzene rings is 2. The van der Waals surface area contributed by atoms with E-state index in [1.807, 2.05) is 35.2 Å². The van der Waals surface area contributed by atoms with Crippen LogP contribution in [0.3, 0.4) is 0 Å². The van der Waals surface area contributed by atoms with Gasteiger partial charge in [0.2, 0.25) is 0 Å². The molecule has 3 aromatic rings. The van der Waals surface area contributed by atoms with Crippen molar-refractivity contribution >= 4 is 17.8 Å². The summed E-state index contributed by atoms with van der Waals surface area (Å²) in [7, 11) is 0. The van der Waals surface area contributed by atoms with Crippen LogP contribution in [-0.4, -0.2) is 22.4 Å². The highest BCUT2D eigenvalue weighted by atomic mass is 16.1. The summed E-state index contributed by atoms with van der Waals surface area (Å²) in [5.41, 5.74) is 4.16. The van der Waals surface area contributed by atoms with E-state index < -0.39 is 6.17 Å². The van der Waals surface area contributed by atoms with Gasteiger partial charge in [-0.05, 0) is 24.0 Å². The molecule has 0 amide bonds. The SMILES string of the molecule is CC(C)c1ccccc1-c1ncc2c(n1)N(C(C)c1ccccc1)C(C=O)N2. The van der Waals surface area contributed by atoms with Crippen LogP contribution in [-0.2, 0) is 4.79 Å². The van der Waals surface area contributed by atoms with Crippen LogP contribution in [0.2, 0.25) is 0 Å². The van der Waals surface area contributed by atoms with E-state index in [-0.39, 0.29) is 6.04 Å². The van der Waals surface area contributed by atoms with Gasteiger partial charge < -0.3 is 10.2 Å². The molecule has 0 fully saturated rings. The van der Waals surface area contributed by atoms with Gasteiger partial charge in [-0.1, -0.05) is 68.4 Å². The molecule has 1 aliphatic heterocycles. The lowest BCUT2D eigenvalue weighted by Crippen LogP contribution is -2.39. The van der Waals surface area contributed by atoms with Crippen molar-refractivity contribution in [2.45, 2.75) is 38.9 Å². The van der Waals surface area contributed by atoms with E-state index >= 15 is 0 Å². The number of hydrogen-bond donors (Lipinski definition) is 1. The Hall–Kier alpha value is -3.21. The van der Waals surface area contributed by atoms with Crippen molar-refractivity contribution in [3.63, 3.8) is 0 Å². The lowest BCUT2D eigenvalue weighted by molar-refractivity contribution is -0.108. The Balaban J connectivity index is 1.79. The third kappa shape index (κ3) is 3.13. The largest absolute Gasteiger partial charge is 0.355 e. The zero-order valence-corrected chi connectivity index (χ0v) is 16.3. The molecule has 28 heavy (non-hydrogen) atoms. The molecule has 2 atom stereocenters. The molecule has 0 saturated carbocycles. The van der Waals surface area contributed by atoms with Gasteiger partial charge in [-0.25, -0.2) is 9.97 Å². The van der Waals surface area contributed by atoms with Crippen LogP contribution >= 0.6 is 0 Å². The molecule has 2 aromatic carbocycles. The number of anilines is 2. The minimum absolute atomic E-state index is 0.00626. The monoisotopic (exact) mass is 372 g/mol. The fourth-order valence-electron chi connectivity index (χ4n) is 3.78. The first-order chi connectivity index (χ1) is 13.6. The standard InChI is InChI=1S/C23H24N4O/c1-15(2)18-11-7-8-12-19(18)22-24-13-20-23(26-22)27(21(14-28)25-20)16(3)17-9-5-4-6-10-17/h4-16,21,25H,1-3H3. The first-order valence-electron chi connectivity index (χ1n) is 9.61. The number of rotatable bonds is 5. The lowest BCUT2D eigenvalue weighted by Gasteiger charge is -2.29. The molecular weight excluding hydrogens is 348 g/mol. The zero-order valence-electron chi connectivity index (χ0n) is 16.3. The minimum atomic E-state index is -0.463. The number of nitrogens with one attached hydrogen (secondary N) is 1. The van der Waals surface area contributed by atoms with Gasteiger partial charge in [-0.3, -0.25) is 4.79 Å². The van der Waals surface area contributed by atoms with Crippen LogP contribution in [0, 0.1) is 0 Å². The highest BCUT2D eigenvalue weighted by molar-refractivity contribution is 5.83. The normalized spacial score (nSPS) is 16.6. The van der Waals surface area contributed by atoms with E-state index in [1.165, 1.54) is 5.56 Å². The summed E-state index contributed by atoms with van der Waals surface area (Å²) >= 11 is 0. The number of hydrogen-bond acceptors (Lipinski definition) is 5. The predicted molar refractivity (Wildman–Crippen MR) is 112 cm³/mol. The van der Waals surface area contributed by atoms with E-state index in [0.717, 1.165) is 28.9 Å². The Kier molecular flexibility index (Phi) is 4.82. The van der Waals surface area contributed by atoms with Crippen molar-refractivity contribution < 1.29 is 4.79 Å². The van der Waals surface area contributed by atoms with Gasteiger partial charge in [0.05, 0.1) is 17.9 Å². The lowest BCUT2D eigenvalue weighted by atomic mass is 9.97. The maximum Gasteiger partial charge on any atom is 0.162 e. The molecule has 4 rings (SSSR count). The summed E-state index contributed by atoms with van der Waals surface area (Å²) in [6, 6.07) is 18.4. The van der Waals surface area contributed by atoms with Crippen molar-refractivity contribution in [1.29, 1.82) is 0 Å². The molecular formula is C23H24N4O. The molecule has 1 aliphatic rings. The number of carbonyl (C=O) groups excluding carboxylic acids is 1. The third-order valence-corrected chi connectivity index (χ3v) is 5.27. The summed E-state index contributed by atoms with van der Waals surface area (Å²) in [4.78, 5) is 23.3. The average molecular weight is 372 g/mol. The fraction of sp³-hybridized carbons (Fsp3) is 0.261. The van der Waals surface area contributed by atoms with Gasteiger partial charge in [0, 0.05) is 5.56 Å². The topological polar surface area (TPSA) is 58.1 Å². The zero-order chi connectivity index (χ0) is 19.7. The molecule has 0 aliphatic carbocycles. The predicted octanol–water partition coefficient (Wildman–Crippen LogP) is 4.79. The minimum Gasteiger partial charge on any atom is -0.355 e. The molecule has 0 bridgehead atoms. The molecule has 5 nitrogen and oxygen atoms in total. The van der Waals surface area contributed by atoms with Crippen molar-refractivity contribution in [3.05, 3.63) is 71.9 Å². The molecule has 1 N–H and O–H groups in total. The van der Waals surface area contributed by atoms with Crippen LogP contribution in [0.5, 0.6) is 0 Å². The van der Waals surface area contributed by atoms with Crippen LogP contribution < -0.4 is 10.2 Å². The molecule has 0 spiro atoms. The summed E-state index contributed by atoms with van der Waals surface area (Å²) in [5, 5.41) is 3.23. The van der Waals surface area contributed by atoms with Gasteiger partial charge in [-0.2, -0.15) is 0 Å². The van der Waals surface area contributed by atoms with Gasteiger partial charge in [0.15, 0.2) is 24.1 Å². The Morgan fingerprint density at radius 1 is 1.04 bits per heavy atom. The molecule has 142 valence electrons. The van der Waals surface area contributed by atoms with Gasteiger partial charge in [0.1, 0.15) is 0 Å².